The fourth-order valence-electron chi connectivity index (χ4n) is 9.49. The van der Waals surface area contributed by atoms with Crippen LogP contribution in [0.3, 0.4) is 0 Å². The molecule has 0 bridgehead atoms. The van der Waals surface area contributed by atoms with Gasteiger partial charge in [-0.3, -0.25) is 24.5 Å². The predicted molar refractivity (Wildman–Crippen MR) is 228 cm³/mol. The molecule has 14 heteroatoms. The molecule has 7 rings (SSSR count). The van der Waals surface area contributed by atoms with E-state index in [2.05, 4.69) is 23.7 Å². The molecule has 5 atom stereocenters. The normalized spacial score (nSPS) is 22.6. The number of aliphatic hydroxyl groups excluding tert-OH is 1. The maximum Gasteiger partial charge on any atom is 0.269 e. The van der Waals surface area contributed by atoms with Gasteiger partial charge in [0.05, 0.1) is 57.4 Å². The van der Waals surface area contributed by atoms with Crippen molar-refractivity contribution in [2.24, 2.45) is 11.8 Å². The maximum absolute atomic E-state index is 15.3. The van der Waals surface area contributed by atoms with Crippen LogP contribution in [0.4, 0.5) is 17.1 Å². The minimum absolute atomic E-state index is 0.0345. The lowest BCUT2D eigenvalue weighted by molar-refractivity contribution is -0.385. The molecule has 4 aromatic carbocycles. The monoisotopic (exact) mass is 819 g/mol. The van der Waals surface area contributed by atoms with Gasteiger partial charge in [-0.05, 0) is 66.4 Å². The van der Waals surface area contributed by atoms with Gasteiger partial charge < -0.3 is 35.0 Å². The number of ether oxygens (including phenoxy) is 2. The highest BCUT2D eigenvalue weighted by atomic mass is 28.3. The van der Waals surface area contributed by atoms with Crippen LogP contribution >= 0.6 is 0 Å². The van der Waals surface area contributed by atoms with Crippen LogP contribution in [-0.2, 0) is 37.8 Å². The van der Waals surface area contributed by atoms with Crippen molar-refractivity contribution in [3.05, 3.63) is 124 Å². The van der Waals surface area contributed by atoms with Crippen molar-refractivity contribution < 1.29 is 33.9 Å². The molecule has 3 amide bonds. The van der Waals surface area contributed by atoms with E-state index in [1.54, 1.807) is 23.0 Å². The minimum atomic E-state index is -2.65. The molecule has 3 aliphatic rings. The summed E-state index contributed by atoms with van der Waals surface area (Å²) in [5.41, 5.74) is 1.18. The Morgan fingerprint density at radius 2 is 1.78 bits per heavy atom. The number of methoxy groups -OCH3 is 1. The van der Waals surface area contributed by atoms with E-state index >= 15 is 4.79 Å². The van der Waals surface area contributed by atoms with Crippen LogP contribution in [0.1, 0.15) is 42.9 Å². The second kappa shape index (κ2) is 17.4. The molecule has 59 heavy (non-hydrogen) atoms. The van der Waals surface area contributed by atoms with Crippen LogP contribution in [-0.4, -0.2) is 80.2 Å². The Hall–Kier alpha value is -5.41. The number of nitrogens with one attached hydrogen (secondary N) is 2. The molecule has 0 aliphatic carbocycles. The lowest BCUT2D eigenvalue weighted by atomic mass is 9.82. The van der Waals surface area contributed by atoms with E-state index in [0.29, 0.717) is 35.8 Å². The number of rotatable bonds is 14. The van der Waals surface area contributed by atoms with Crippen LogP contribution in [0.15, 0.2) is 97.1 Å². The van der Waals surface area contributed by atoms with Crippen molar-refractivity contribution in [1.82, 2.24) is 10.2 Å². The summed E-state index contributed by atoms with van der Waals surface area (Å²) in [6.07, 6.45) is 0.983. The lowest BCUT2D eigenvalue weighted by Gasteiger charge is -2.37. The highest BCUT2D eigenvalue weighted by Crippen LogP contribution is 2.60. The first kappa shape index (κ1) is 41.7. The van der Waals surface area contributed by atoms with Crippen molar-refractivity contribution in [3.8, 4) is 5.75 Å². The Kier molecular flexibility index (Phi) is 12.3. The molecule has 310 valence electrons. The summed E-state index contributed by atoms with van der Waals surface area (Å²) in [5.74, 6) is -0.507. The second-order valence-corrected chi connectivity index (χ2v) is 21.2. The number of amides is 3. The number of anilines is 2. The summed E-state index contributed by atoms with van der Waals surface area (Å²) in [4.78, 5) is 57.7. The number of benzene rings is 4. The summed E-state index contributed by atoms with van der Waals surface area (Å²) < 4.78 is 12.6. The van der Waals surface area contributed by atoms with Gasteiger partial charge in [0, 0.05) is 48.9 Å². The molecule has 4 aromatic rings. The van der Waals surface area contributed by atoms with Crippen molar-refractivity contribution in [2.75, 3.05) is 43.6 Å². The summed E-state index contributed by atoms with van der Waals surface area (Å²) in [6, 6.07) is 29.3. The largest absolute Gasteiger partial charge is 0.497 e. The second-order valence-electron chi connectivity index (χ2n) is 16.5. The third kappa shape index (κ3) is 8.27. The van der Waals surface area contributed by atoms with Crippen molar-refractivity contribution in [3.63, 3.8) is 0 Å². The summed E-state index contributed by atoms with van der Waals surface area (Å²) in [6.45, 7) is 8.29. The molecule has 0 radical (unpaired) electrons. The van der Waals surface area contributed by atoms with Gasteiger partial charge in [0.25, 0.3) is 11.6 Å². The standard InChI is InChI=1S/C45H53N5O8Si/c1-30-42(59(3,4)37-19-17-36(57-2)18-20-37)40(26-41(52)48(23-24-51)28-31-9-6-5-7-10-31)58-45(30)38-25-35(50(55)56)16-21-39(38)49(44(45)54)29-32-12-14-34(15-13-32)47-43(53)33-11-8-22-46-27-33/h5-7,9-10,12-21,25,30,33,40,42,46,51H,8,11,22-24,26-29H2,1-4H3,(H,47,53)/t30-,33?,40+,42-,45+/m1/s1. The number of hydrogen-bond donors (Lipinski definition) is 3. The van der Waals surface area contributed by atoms with E-state index < -0.39 is 30.6 Å². The maximum atomic E-state index is 15.3. The van der Waals surface area contributed by atoms with Gasteiger partial charge in [-0.1, -0.05) is 79.8 Å². The van der Waals surface area contributed by atoms with Gasteiger partial charge in [-0.25, -0.2) is 0 Å². The highest BCUT2D eigenvalue weighted by molar-refractivity contribution is 6.91. The Labute approximate surface area is 345 Å². The molecule has 3 heterocycles. The first-order valence-electron chi connectivity index (χ1n) is 20.3. The van der Waals surface area contributed by atoms with Gasteiger partial charge in [0.1, 0.15) is 5.75 Å². The smallest absolute Gasteiger partial charge is 0.269 e. The first-order chi connectivity index (χ1) is 28.4. The predicted octanol–water partition coefficient (Wildman–Crippen LogP) is 5.72. The molecule has 13 nitrogen and oxygen atoms in total. The van der Waals surface area contributed by atoms with E-state index in [1.807, 2.05) is 85.8 Å². The van der Waals surface area contributed by atoms with Crippen molar-refractivity contribution in [1.29, 1.82) is 0 Å². The van der Waals surface area contributed by atoms with E-state index in [1.165, 1.54) is 12.1 Å². The van der Waals surface area contributed by atoms with E-state index in [4.69, 9.17) is 9.47 Å². The number of fused-ring (bicyclic) bond motifs is 2. The van der Waals surface area contributed by atoms with Crippen LogP contribution in [0.5, 0.6) is 5.75 Å². The van der Waals surface area contributed by atoms with Gasteiger partial charge in [-0.2, -0.15) is 0 Å². The molecule has 3 N–H and O–H groups in total. The number of carbonyl (C=O) groups excluding carboxylic acids is 3. The third-order valence-electron chi connectivity index (χ3n) is 12.6. The SMILES string of the molecule is COc1ccc([Si](C)(C)[C@H]2[C@H](CC(=O)N(CCO)Cc3ccccc3)O[C@@]3(C(=O)N(Cc4ccc(NC(=O)C5CCCNC5)cc4)c4ccc([N+](=O)[O-])cc43)[C@@H]2C)cc1. The van der Waals surface area contributed by atoms with Gasteiger partial charge >= 0.3 is 0 Å². The van der Waals surface area contributed by atoms with Gasteiger partial charge in [0.2, 0.25) is 11.8 Å². The number of nitro benzene ring substituents is 1. The summed E-state index contributed by atoms with van der Waals surface area (Å²) >= 11 is 0. The fourth-order valence-corrected chi connectivity index (χ4v) is 13.5. The number of aliphatic hydroxyl groups is 1. The van der Waals surface area contributed by atoms with Crippen molar-refractivity contribution >= 4 is 48.0 Å². The average molecular weight is 820 g/mol. The number of piperidine rings is 1. The number of hydrogen-bond acceptors (Lipinski definition) is 9. The van der Waals surface area contributed by atoms with E-state index in [0.717, 1.165) is 35.7 Å². The number of nitrogens with zero attached hydrogens (tertiary/aromatic N) is 3. The fraction of sp³-hybridized carbons (Fsp3) is 0.400. The lowest BCUT2D eigenvalue weighted by Crippen LogP contribution is -2.52. The van der Waals surface area contributed by atoms with Crippen LogP contribution in [0.25, 0.3) is 0 Å². The quantitative estimate of drug-likeness (QED) is 0.0821. The zero-order valence-corrected chi connectivity index (χ0v) is 35.1. The Bertz CT molecular complexity index is 2160. The van der Waals surface area contributed by atoms with E-state index in [9.17, 15) is 24.8 Å². The highest BCUT2D eigenvalue weighted by Gasteiger charge is 2.66. The third-order valence-corrected chi connectivity index (χ3v) is 16.9. The zero-order chi connectivity index (χ0) is 41.9. The van der Waals surface area contributed by atoms with E-state index in [-0.39, 0.29) is 61.0 Å². The molecule has 0 aromatic heterocycles. The average Bonchev–Trinajstić information content (AvgIpc) is 3.67. The molecule has 1 unspecified atom stereocenters. The Balaban J connectivity index is 1.25. The first-order valence-corrected chi connectivity index (χ1v) is 23.4. The van der Waals surface area contributed by atoms with Crippen LogP contribution < -0.4 is 25.5 Å². The number of carbonyl (C=O) groups is 3. The van der Waals surface area contributed by atoms with Crippen LogP contribution in [0.2, 0.25) is 18.6 Å². The van der Waals surface area contributed by atoms with Crippen molar-refractivity contribution in [2.45, 2.75) is 69.6 Å². The molecular formula is C45H53N5O8Si. The topological polar surface area (TPSA) is 164 Å². The van der Waals surface area contributed by atoms with Gasteiger partial charge in [0.15, 0.2) is 5.60 Å². The molecular weight excluding hydrogens is 767 g/mol. The molecule has 2 fully saturated rings. The zero-order valence-electron chi connectivity index (χ0n) is 34.1. The van der Waals surface area contributed by atoms with Crippen LogP contribution in [0, 0.1) is 22.0 Å². The number of non-ortho nitro benzene ring substituents is 1. The molecule has 0 saturated carbocycles. The van der Waals surface area contributed by atoms with Gasteiger partial charge in [-0.15, -0.1) is 0 Å². The number of nitro groups is 1. The molecule has 1 spiro atoms. The Morgan fingerprint density at radius 1 is 1.05 bits per heavy atom. The summed E-state index contributed by atoms with van der Waals surface area (Å²) in [5, 5.41) is 29.7. The molecule has 2 saturated heterocycles. The molecule has 3 aliphatic heterocycles. The Morgan fingerprint density at radius 3 is 2.42 bits per heavy atom. The minimum Gasteiger partial charge on any atom is -0.497 e. The summed E-state index contributed by atoms with van der Waals surface area (Å²) in [7, 11) is -1.04.